The van der Waals surface area contributed by atoms with Crippen LogP contribution in [0.3, 0.4) is 0 Å². The molecular formula is C20H38O6Si2. The van der Waals surface area contributed by atoms with Gasteiger partial charge in [-0.15, -0.1) is 0 Å². The Morgan fingerprint density at radius 3 is 1.07 bits per heavy atom. The molecule has 0 bridgehead atoms. The lowest BCUT2D eigenvalue weighted by atomic mass is 10.2. The minimum atomic E-state index is -2.75. The third kappa shape index (κ3) is 8.04. The third-order valence-electron chi connectivity index (χ3n) is 4.02. The minimum absolute atomic E-state index is 0.570. The van der Waals surface area contributed by atoms with Crippen LogP contribution < -0.4 is 0 Å². The van der Waals surface area contributed by atoms with E-state index in [2.05, 4.69) is 24.3 Å². The van der Waals surface area contributed by atoms with Crippen molar-refractivity contribution >= 4 is 17.6 Å². The molecule has 0 aliphatic carbocycles. The molecule has 0 fully saturated rings. The molecule has 0 aromatic heterocycles. The Morgan fingerprint density at radius 1 is 0.536 bits per heavy atom. The first kappa shape index (κ1) is 25.5. The van der Waals surface area contributed by atoms with Crippen LogP contribution in [-0.2, 0) is 38.6 Å². The van der Waals surface area contributed by atoms with Crippen molar-refractivity contribution in [3.8, 4) is 0 Å². The average molecular weight is 431 g/mol. The normalized spacial score (nSPS) is 12.5. The zero-order valence-corrected chi connectivity index (χ0v) is 20.4. The van der Waals surface area contributed by atoms with E-state index >= 15 is 0 Å². The topological polar surface area (TPSA) is 55.4 Å². The van der Waals surface area contributed by atoms with Crippen molar-refractivity contribution in [3.05, 3.63) is 35.4 Å². The van der Waals surface area contributed by atoms with E-state index in [9.17, 15) is 0 Å². The molecule has 0 unspecified atom stereocenters. The molecule has 1 aromatic carbocycles. The van der Waals surface area contributed by atoms with E-state index in [4.69, 9.17) is 26.6 Å². The highest BCUT2D eigenvalue weighted by molar-refractivity contribution is 6.60. The standard InChI is InChI=1S/C20H38O6Si2/c1-7-21-27(22-8-2,23-9-3)17-19-14-13-15-20(16-19)18-28(24-10-4,25-11-5)26-12-6/h13-16H,7-12,17-18H2,1-6H3. The molecule has 1 aromatic rings. The van der Waals surface area contributed by atoms with Crippen molar-refractivity contribution in [2.45, 2.75) is 53.6 Å². The molecule has 0 saturated heterocycles. The fourth-order valence-corrected chi connectivity index (χ4v) is 8.42. The molecule has 0 heterocycles. The number of rotatable bonds is 16. The lowest BCUT2D eigenvalue weighted by Crippen LogP contribution is -2.49. The minimum Gasteiger partial charge on any atom is -0.374 e. The van der Waals surface area contributed by atoms with Crippen LogP contribution in [0.2, 0.25) is 0 Å². The van der Waals surface area contributed by atoms with Crippen molar-refractivity contribution in [1.82, 2.24) is 0 Å². The molecule has 6 nitrogen and oxygen atoms in total. The second kappa shape index (κ2) is 13.6. The van der Waals surface area contributed by atoms with Crippen LogP contribution in [0.1, 0.15) is 52.7 Å². The van der Waals surface area contributed by atoms with E-state index in [-0.39, 0.29) is 0 Å². The van der Waals surface area contributed by atoms with Gasteiger partial charge in [-0.25, -0.2) is 0 Å². The summed E-state index contributed by atoms with van der Waals surface area (Å²) in [7, 11) is -5.49. The molecule has 28 heavy (non-hydrogen) atoms. The second-order valence-electron chi connectivity index (χ2n) is 6.14. The number of hydrogen-bond donors (Lipinski definition) is 0. The lowest BCUT2D eigenvalue weighted by Gasteiger charge is -2.29. The van der Waals surface area contributed by atoms with Gasteiger partial charge in [0, 0.05) is 51.7 Å². The van der Waals surface area contributed by atoms with Crippen LogP contribution in [0.4, 0.5) is 0 Å². The van der Waals surface area contributed by atoms with Crippen LogP contribution in [0.5, 0.6) is 0 Å². The predicted molar refractivity (Wildman–Crippen MR) is 115 cm³/mol. The SMILES string of the molecule is CCO[Si](Cc1cccc(C[Si](OCC)(OCC)OCC)c1)(OCC)OCC. The molecular weight excluding hydrogens is 392 g/mol. The Kier molecular flexibility index (Phi) is 12.4. The highest BCUT2D eigenvalue weighted by Gasteiger charge is 2.42. The second-order valence-corrected chi connectivity index (χ2v) is 11.3. The largest absolute Gasteiger partial charge is 0.505 e. The van der Waals surface area contributed by atoms with Crippen molar-refractivity contribution in [2.24, 2.45) is 0 Å². The van der Waals surface area contributed by atoms with E-state index in [0.29, 0.717) is 51.7 Å². The summed E-state index contributed by atoms with van der Waals surface area (Å²) in [5.74, 6) is 0. The molecule has 162 valence electrons. The maximum atomic E-state index is 6.00. The van der Waals surface area contributed by atoms with Crippen LogP contribution in [0.25, 0.3) is 0 Å². The molecule has 8 heteroatoms. The molecule has 0 atom stereocenters. The summed E-state index contributed by atoms with van der Waals surface area (Å²) >= 11 is 0. The monoisotopic (exact) mass is 430 g/mol. The molecule has 0 aliphatic heterocycles. The third-order valence-corrected chi connectivity index (χ3v) is 10.1. The zero-order chi connectivity index (χ0) is 20.9. The van der Waals surface area contributed by atoms with Crippen LogP contribution in [0, 0.1) is 0 Å². The number of hydrogen-bond acceptors (Lipinski definition) is 6. The van der Waals surface area contributed by atoms with Gasteiger partial charge < -0.3 is 26.6 Å². The maximum Gasteiger partial charge on any atom is 0.505 e. The van der Waals surface area contributed by atoms with Gasteiger partial charge in [0.25, 0.3) is 0 Å². The van der Waals surface area contributed by atoms with Gasteiger partial charge in [-0.1, -0.05) is 24.3 Å². The summed E-state index contributed by atoms with van der Waals surface area (Å²) in [6, 6.07) is 9.68. The van der Waals surface area contributed by atoms with Gasteiger partial charge >= 0.3 is 17.6 Å². The van der Waals surface area contributed by atoms with Crippen molar-refractivity contribution in [3.63, 3.8) is 0 Å². The van der Waals surface area contributed by atoms with E-state index in [1.165, 1.54) is 0 Å². The quantitative estimate of drug-likeness (QED) is 0.370. The van der Waals surface area contributed by atoms with E-state index in [0.717, 1.165) is 11.1 Å². The van der Waals surface area contributed by atoms with Gasteiger partial charge in [-0.3, -0.25) is 0 Å². The Bertz CT molecular complexity index is 466. The van der Waals surface area contributed by atoms with Crippen molar-refractivity contribution < 1.29 is 26.6 Å². The molecule has 0 amide bonds. The summed E-state index contributed by atoms with van der Waals surface area (Å²) in [4.78, 5) is 0. The van der Waals surface area contributed by atoms with E-state index in [1.54, 1.807) is 0 Å². The van der Waals surface area contributed by atoms with Crippen molar-refractivity contribution in [1.29, 1.82) is 0 Å². The summed E-state index contributed by atoms with van der Waals surface area (Å²) in [5, 5.41) is 0. The molecule has 0 N–H and O–H groups in total. The fraction of sp³-hybridized carbons (Fsp3) is 0.700. The Hall–Kier alpha value is -0.586. The first-order valence-corrected chi connectivity index (χ1v) is 14.3. The van der Waals surface area contributed by atoms with Crippen LogP contribution >= 0.6 is 0 Å². The van der Waals surface area contributed by atoms with Gasteiger partial charge in [0.05, 0.1) is 0 Å². The first-order chi connectivity index (χ1) is 13.5. The van der Waals surface area contributed by atoms with E-state index in [1.807, 2.05) is 41.5 Å². The Morgan fingerprint density at radius 2 is 0.821 bits per heavy atom. The molecule has 0 radical (unpaired) electrons. The fourth-order valence-electron chi connectivity index (χ4n) is 3.23. The summed E-state index contributed by atoms with van der Waals surface area (Å²) in [5.41, 5.74) is 2.26. The van der Waals surface area contributed by atoms with Gasteiger partial charge in [0.2, 0.25) is 0 Å². The molecule has 1 rings (SSSR count). The van der Waals surface area contributed by atoms with Gasteiger partial charge in [0.1, 0.15) is 0 Å². The summed E-state index contributed by atoms with van der Waals surface area (Å²) < 4.78 is 36.0. The molecule has 0 spiro atoms. The zero-order valence-electron chi connectivity index (χ0n) is 18.4. The molecule has 0 saturated carbocycles. The molecule has 0 aliphatic rings. The van der Waals surface area contributed by atoms with Crippen LogP contribution in [0.15, 0.2) is 24.3 Å². The van der Waals surface area contributed by atoms with Gasteiger partial charge in [-0.2, -0.15) is 0 Å². The average Bonchev–Trinajstić information content (AvgIpc) is 2.63. The highest BCUT2D eigenvalue weighted by atomic mass is 28.4. The summed E-state index contributed by atoms with van der Waals surface area (Å²) in [6.45, 7) is 15.3. The maximum absolute atomic E-state index is 6.00. The summed E-state index contributed by atoms with van der Waals surface area (Å²) in [6.07, 6.45) is 0. The van der Waals surface area contributed by atoms with E-state index < -0.39 is 17.6 Å². The first-order valence-electron chi connectivity index (χ1n) is 10.4. The van der Waals surface area contributed by atoms with Gasteiger partial charge in [0.15, 0.2) is 0 Å². The van der Waals surface area contributed by atoms with Crippen molar-refractivity contribution in [2.75, 3.05) is 39.6 Å². The van der Waals surface area contributed by atoms with Crippen LogP contribution in [-0.4, -0.2) is 57.3 Å². The lowest BCUT2D eigenvalue weighted by molar-refractivity contribution is 0.0700. The highest BCUT2D eigenvalue weighted by Crippen LogP contribution is 2.21. The Balaban J connectivity index is 3.08. The predicted octanol–water partition coefficient (Wildman–Crippen LogP) is 3.95. The van der Waals surface area contributed by atoms with Gasteiger partial charge in [-0.05, 0) is 52.7 Å². The number of benzene rings is 1. The smallest absolute Gasteiger partial charge is 0.374 e. The Labute approximate surface area is 173 Å².